The van der Waals surface area contributed by atoms with Crippen LogP contribution in [0.1, 0.15) is 25.7 Å². The minimum Gasteiger partial charge on any atom is -0.370 e. The van der Waals surface area contributed by atoms with E-state index in [0.29, 0.717) is 5.11 Å². The Bertz CT molecular complexity index is 469. The number of hydrogen-bond acceptors (Lipinski definition) is 3. The molecule has 2 rings (SSSR count). The van der Waals surface area contributed by atoms with Crippen LogP contribution in [0.25, 0.3) is 0 Å². The first-order valence-electron chi connectivity index (χ1n) is 8.20. The second-order valence-corrected chi connectivity index (χ2v) is 6.51. The molecule has 1 aliphatic rings. The third-order valence-electron chi connectivity index (χ3n) is 3.92. The lowest BCUT2D eigenvalue weighted by Crippen LogP contribution is -2.33. The van der Waals surface area contributed by atoms with E-state index in [1.54, 1.807) is 0 Å². The molecule has 22 heavy (non-hydrogen) atoms. The highest BCUT2D eigenvalue weighted by atomic mass is 32.1. The van der Waals surface area contributed by atoms with Gasteiger partial charge in [-0.15, -0.1) is 0 Å². The first-order chi connectivity index (χ1) is 10.7. The Morgan fingerprint density at radius 1 is 1.18 bits per heavy atom. The van der Waals surface area contributed by atoms with Crippen molar-refractivity contribution in [3.05, 3.63) is 24.3 Å². The predicted molar refractivity (Wildman–Crippen MR) is 99.9 cm³/mol. The van der Waals surface area contributed by atoms with Crippen molar-refractivity contribution < 1.29 is 0 Å². The summed E-state index contributed by atoms with van der Waals surface area (Å²) >= 11 is 5.42. The molecule has 0 spiro atoms. The molecule has 0 radical (unpaired) electrons. The number of para-hydroxylation sites is 2. The highest BCUT2D eigenvalue weighted by Gasteiger charge is 2.14. The molecule has 1 heterocycles. The van der Waals surface area contributed by atoms with Gasteiger partial charge in [-0.25, -0.2) is 0 Å². The van der Waals surface area contributed by atoms with Crippen LogP contribution in [-0.2, 0) is 0 Å². The van der Waals surface area contributed by atoms with Gasteiger partial charge in [-0.05, 0) is 70.7 Å². The third kappa shape index (κ3) is 5.46. The molecule has 0 bridgehead atoms. The molecule has 0 unspecified atom stereocenters. The van der Waals surface area contributed by atoms with Gasteiger partial charge in [-0.3, -0.25) is 0 Å². The SMILES string of the molecule is CN(C)CCCNC(=S)Nc1ccccc1N1CCCCC1. The van der Waals surface area contributed by atoms with Crippen LogP contribution in [0.2, 0.25) is 0 Å². The molecule has 0 aromatic heterocycles. The first-order valence-corrected chi connectivity index (χ1v) is 8.61. The molecule has 1 aliphatic heterocycles. The van der Waals surface area contributed by atoms with Crippen molar-refractivity contribution >= 4 is 28.7 Å². The molecule has 4 nitrogen and oxygen atoms in total. The zero-order valence-electron chi connectivity index (χ0n) is 13.8. The van der Waals surface area contributed by atoms with Crippen LogP contribution in [-0.4, -0.2) is 50.3 Å². The van der Waals surface area contributed by atoms with Crippen LogP contribution in [0.15, 0.2) is 24.3 Å². The summed E-state index contributed by atoms with van der Waals surface area (Å²) in [6.07, 6.45) is 4.99. The Balaban J connectivity index is 1.87. The summed E-state index contributed by atoms with van der Waals surface area (Å²) in [5, 5.41) is 7.36. The molecular weight excluding hydrogens is 292 g/mol. The van der Waals surface area contributed by atoms with Gasteiger partial charge in [-0.2, -0.15) is 0 Å². The van der Waals surface area contributed by atoms with Gasteiger partial charge < -0.3 is 20.4 Å². The van der Waals surface area contributed by atoms with Gasteiger partial charge in [0.15, 0.2) is 5.11 Å². The molecule has 0 amide bonds. The fraction of sp³-hybridized carbons (Fsp3) is 0.588. The van der Waals surface area contributed by atoms with E-state index in [0.717, 1.165) is 38.3 Å². The number of nitrogens with zero attached hydrogens (tertiary/aromatic N) is 2. The van der Waals surface area contributed by atoms with Crippen molar-refractivity contribution in [2.45, 2.75) is 25.7 Å². The van der Waals surface area contributed by atoms with Gasteiger partial charge in [-0.1, -0.05) is 12.1 Å². The van der Waals surface area contributed by atoms with Crippen molar-refractivity contribution in [1.82, 2.24) is 10.2 Å². The maximum absolute atomic E-state index is 5.42. The van der Waals surface area contributed by atoms with Crippen LogP contribution >= 0.6 is 12.2 Å². The van der Waals surface area contributed by atoms with Crippen LogP contribution in [0.4, 0.5) is 11.4 Å². The van der Waals surface area contributed by atoms with Crippen molar-refractivity contribution in [2.75, 3.05) is 50.5 Å². The summed E-state index contributed by atoms with van der Waals surface area (Å²) in [7, 11) is 4.18. The normalized spacial score (nSPS) is 15.0. The monoisotopic (exact) mass is 320 g/mol. The fourth-order valence-electron chi connectivity index (χ4n) is 2.75. The van der Waals surface area contributed by atoms with Crippen LogP contribution in [0.5, 0.6) is 0 Å². The lowest BCUT2D eigenvalue weighted by Gasteiger charge is -2.30. The molecule has 1 aromatic rings. The van der Waals surface area contributed by atoms with Gasteiger partial charge in [0.25, 0.3) is 0 Å². The largest absolute Gasteiger partial charge is 0.370 e. The highest BCUT2D eigenvalue weighted by Crippen LogP contribution is 2.28. The second kappa shape index (κ2) is 8.96. The van der Waals surface area contributed by atoms with E-state index >= 15 is 0 Å². The van der Waals surface area contributed by atoms with Crippen molar-refractivity contribution in [3.8, 4) is 0 Å². The lowest BCUT2D eigenvalue weighted by atomic mass is 10.1. The Kier molecular flexibility index (Phi) is 6.93. The van der Waals surface area contributed by atoms with E-state index in [2.05, 4.69) is 58.8 Å². The molecule has 0 saturated carbocycles. The van der Waals surface area contributed by atoms with E-state index in [1.807, 2.05) is 0 Å². The summed E-state index contributed by atoms with van der Waals surface area (Å²) in [6.45, 7) is 4.25. The summed E-state index contributed by atoms with van der Waals surface area (Å²) in [5.41, 5.74) is 2.37. The quantitative estimate of drug-likeness (QED) is 0.622. The van der Waals surface area contributed by atoms with E-state index in [1.165, 1.54) is 24.9 Å². The lowest BCUT2D eigenvalue weighted by molar-refractivity contribution is 0.400. The van der Waals surface area contributed by atoms with E-state index in [9.17, 15) is 0 Å². The molecule has 0 atom stereocenters. The minimum absolute atomic E-state index is 0.711. The van der Waals surface area contributed by atoms with Gasteiger partial charge in [0.1, 0.15) is 0 Å². The van der Waals surface area contributed by atoms with E-state index < -0.39 is 0 Å². The molecule has 1 fully saturated rings. The molecule has 1 saturated heterocycles. The average Bonchev–Trinajstić information content (AvgIpc) is 2.53. The maximum Gasteiger partial charge on any atom is 0.170 e. The standard InChI is InChI=1S/C17H28N4S/c1-20(2)12-8-11-18-17(22)19-15-9-4-5-10-16(15)21-13-6-3-7-14-21/h4-5,9-10H,3,6-8,11-14H2,1-2H3,(H2,18,19,22). The van der Waals surface area contributed by atoms with E-state index in [-0.39, 0.29) is 0 Å². The number of anilines is 2. The number of hydrogen-bond donors (Lipinski definition) is 2. The minimum atomic E-state index is 0.711. The number of thiocarbonyl (C=S) groups is 1. The number of benzene rings is 1. The number of piperidine rings is 1. The predicted octanol–water partition coefficient (Wildman–Crippen LogP) is 2.92. The number of nitrogens with one attached hydrogen (secondary N) is 2. The van der Waals surface area contributed by atoms with Crippen LogP contribution in [0, 0.1) is 0 Å². The molecular formula is C17H28N4S. The van der Waals surface area contributed by atoms with E-state index in [4.69, 9.17) is 12.2 Å². The summed E-state index contributed by atoms with van der Waals surface area (Å²) in [6, 6.07) is 8.45. The van der Waals surface area contributed by atoms with Gasteiger partial charge in [0, 0.05) is 19.6 Å². The summed E-state index contributed by atoms with van der Waals surface area (Å²) in [5.74, 6) is 0. The van der Waals surface area contributed by atoms with Crippen LogP contribution in [0.3, 0.4) is 0 Å². The zero-order valence-corrected chi connectivity index (χ0v) is 14.6. The van der Waals surface area contributed by atoms with Gasteiger partial charge >= 0.3 is 0 Å². The highest BCUT2D eigenvalue weighted by molar-refractivity contribution is 7.80. The Morgan fingerprint density at radius 3 is 2.64 bits per heavy atom. The smallest absolute Gasteiger partial charge is 0.170 e. The fourth-order valence-corrected chi connectivity index (χ4v) is 2.97. The Morgan fingerprint density at radius 2 is 1.91 bits per heavy atom. The maximum atomic E-state index is 5.42. The average molecular weight is 321 g/mol. The molecule has 122 valence electrons. The second-order valence-electron chi connectivity index (χ2n) is 6.10. The van der Waals surface area contributed by atoms with Gasteiger partial charge in [0.2, 0.25) is 0 Å². The van der Waals surface area contributed by atoms with Crippen molar-refractivity contribution in [3.63, 3.8) is 0 Å². The molecule has 0 aliphatic carbocycles. The molecule has 5 heteroatoms. The van der Waals surface area contributed by atoms with Crippen LogP contribution < -0.4 is 15.5 Å². The first kappa shape index (κ1) is 17.0. The molecule has 2 N–H and O–H groups in total. The third-order valence-corrected chi connectivity index (χ3v) is 4.16. The number of rotatable bonds is 6. The summed E-state index contributed by atoms with van der Waals surface area (Å²) < 4.78 is 0. The zero-order chi connectivity index (χ0) is 15.8. The van der Waals surface area contributed by atoms with Gasteiger partial charge in [0.05, 0.1) is 11.4 Å². The molecule has 1 aromatic carbocycles. The summed E-state index contributed by atoms with van der Waals surface area (Å²) in [4.78, 5) is 4.64. The Hall–Kier alpha value is -1.33. The van der Waals surface area contributed by atoms with Crippen molar-refractivity contribution in [1.29, 1.82) is 0 Å². The Labute approximate surface area is 139 Å². The topological polar surface area (TPSA) is 30.5 Å². The van der Waals surface area contributed by atoms with Crippen molar-refractivity contribution in [2.24, 2.45) is 0 Å².